The molecule has 0 saturated carbocycles. The second-order valence-corrected chi connectivity index (χ2v) is 9.03. The highest BCUT2D eigenvalue weighted by atomic mass is 32.2. The first-order valence-electron chi connectivity index (χ1n) is 9.25. The van der Waals surface area contributed by atoms with Gasteiger partial charge in [-0.2, -0.15) is 0 Å². The molecule has 0 unspecified atom stereocenters. The number of amides is 1. The molecule has 0 aliphatic heterocycles. The van der Waals surface area contributed by atoms with E-state index in [0.29, 0.717) is 23.2 Å². The number of hydrogen-bond donors (Lipinski definition) is 1. The van der Waals surface area contributed by atoms with Crippen LogP contribution in [0.3, 0.4) is 0 Å². The topological polar surface area (TPSA) is 72.7 Å². The Morgan fingerprint density at radius 1 is 1.21 bits per heavy atom. The Balaban J connectivity index is 1.59. The van der Waals surface area contributed by atoms with Crippen LogP contribution >= 0.6 is 23.1 Å². The summed E-state index contributed by atoms with van der Waals surface area (Å²) in [5.74, 6) is 1.01. The maximum Gasteiger partial charge on any atom is 0.282 e. The zero-order chi connectivity index (χ0) is 20.1. The highest BCUT2D eigenvalue weighted by Gasteiger charge is 2.16. The van der Waals surface area contributed by atoms with Crippen molar-refractivity contribution in [2.45, 2.75) is 51.7 Å². The van der Waals surface area contributed by atoms with Crippen molar-refractivity contribution in [3.8, 4) is 0 Å². The Labute approximate surface area is 173 Å². The maximum atomic E-state index is 12.3. The van der Waals surface area contributed by atoms with Gasteiger partial charge in [-0.15, -0.1) is 10.2 Å². The van der Waals surface area contributed by atoms with Crippen LogP contribution in [0.5, 0.6) is 0 Å². The normalized spacial score (nSPS) is 11.2. The van der Waals surface area contributed by atoms with Gasteiger partial charge in [-0.1, -0.05) is 67.3 Å². The molecule has 2 aromatic heterocycles. The minimum absolute atomic E-state index is 0.189. The molecular formula is C20H25N5OS2. The average molecular weight is 416 g/mol. The molecule has 8 heteroatoms. The molecular weight excluding hydrogens is 390 g/mol. The largest absolute Gasteiger partial charge is 0.346 e. The second-order valence-electron chi connectivity index (χ2n) is 7.03. The van der Waals surface area contributed by atoms with Crippen LogP contribution < -0.4 is 5.32 Å². The summed E-state index contributed by atoms with van der Waals surface area (Å²) in [7, 11) is 0. The summed E-state index contributed by atoms with van der Waals surface area (Å²) in [5, 5.41) is 13.3. The van der Waals surface area contributed by atoms with Gasteiger partial charge >= 0.3 is 0 Å². The molecule has 2 heterocycles. The van der Waals surface area contributed by atoms with Gasteiger partial charge < -0.3 is 9.88 Å². The quantitative estimate of drug-likeness (QED) is 0.558. The van der Waals surface area contributed by atoms with E-state index in [1.165, 1.54) is 17.0 Å². The number of imidazole rings is 1. The van der Waals surface area contributed by atoms with Gasteiger partial charge in [-0.3, -0.25) is 4.79 Å². The Morgan fingerprint density at radius 3 is 2.68 bits per heavy atom. The number of benzene rings is 1. The van der Waals surface area contributed by atoms with Crippen LogP contribution in [0.1, 0.15) is 45.6 Å². The minimum atomic E-state index is -0.189. The van der Waals surface area contributed by atoms with Crippen LogP contribution in [-0.2, 0) is 18.8 Å². The first kappa shape index (κ1) is 20.5. The molecule has 1 amide bonds. The van der Waals surface area contributed by atoms with E-state index in [0.717, 1.165) is 28.0 Å². The number of carbonyl (C=O) groups excluding carboxylic acids is 1. The summed E-state index contributed by atoms with van der Waals surface area (Å²) < 4.78 is 2.26. The predicted octanol–water partition coefficient (Wildman–Crippen LogP) is 4.23. The van der Waals surface area contributed by atoms with Gasteiger partial charge in [0, 0.05) is 18.8 Å². The van der Waals surface area contributed by atoms with E-state index in [2.05, 4.69) is 45.8 Å². The predicted molar refractivity (Wildman–Crippen MR) is 114 cm³/mol. The van der Waals surface area contributed by atoms with E-state index >= 15 is 0 Å². The van der Waals surface area contributed by atoms with Crippen LogP contribution in [0.4, 0.5) is 0 Å². The van der Waals surface area contributed by atoms with Gasteiger partial charge in [0.05, 0.1) is 11.4 Å². The third kappa shape index (κ3) is 5.20. The van der Waals surface area contributed by atoms with E-state index < -0.39 is 0 Å². The Morgan fingerprint density at radius 2 is 1.96 bits per heavy atom. The standard InChI is InChI=1S/C20H25N5OS2/c1-13(2)11-25-15(4)14(3)22-20(25)27-12-17-23-24-19(28-17)18(26)21-10-16-8-6-5-7-9-16/h5-9,13H,10-12H2,1-4H3,(H,21,26). The zero-order valence-corrected chi connectivity index (χ0v) is 18.2. The number of nitrogens with one attached hydrogen (secondary N) is 1. The fraction of sp³-hybridized carbons (Fsp3) is 0.400. The first-order chi connectivity index (χ1) is 13.4. The molecule has 0 aliphatic carbocycles. The summed E-state index contributed by atoms with van der Waals surface area (Å²) >= 11 is 2.97. The van der Waals surface area contributed by atoms with Crippen LogP contribution in [-0.4, -0.2) is 25.7 Å². The monoisotopic (exact) mass is 415 g/mol. The van der Waals surface area contributed by atoms with Gasteiger partial charge in [0.15, 0.2) is 5.16 Å². The van der Waals surface area contributed by atoms with Crippen molar-refractivity contribution in [1.82, 2.24) is 25.1 Å². The number of carbonyl (C=O) groups is 1. The van der Waals surface area contributed by atoms with Crippen LogP contribution in [0.25, 0.3) is 0 Å². The average Bonchev–Trinajstić information content (AvgIpc) is 3.25. The lowest BCUT2D eigenvalue weighted by Crippen LogP contribution is -2.22. The molecule has 0 atom stereocenters. The molecule has 148 valence electrons. The fourth-order valence-electron chi connectivity index (χ4n) is 2.70. The van der Waals surface area contributed by atoms with Crippen molar-refractivity contribution in [3.63, 3.8) is 0 Å². The fourth-order valence-corrected chi connectivity index (χ4v) is 4.54. The molecule has 3 rings (SSSR count). The Bertz CT molecular complexity index is 933. The highest BCUT2D eigenvalue weighted by molar-refractivity contribution is 7.98. The molecule has 0 saturated heterocycles. The molecule has 3 aromatic rings. The summed E-state index contributed by atoms with van der Waals surface area (Å²) in [4.78, 5) is 17.0. The number of hydrogen-bond acceptors (Lipinski definition) is 6. The molecule has 28 heavy (non-hydrogen) atoms. The zero-order valence-electron chi connectivity index (χ0n) is 16.6. The van der Waals surface area contributed by atoms with Gasteiger partial charge in [0.25, 0.3) is 5.91 Å². The van der Waals surface area contributed by atoms with E-state index in [-0.39, 0.29) is 5.91 Å². The maximum absolute atomic E-state index is 12.3. The van der Waals surface area contributed by atoms with Gasteiger partial charge in [-0.25, -0.2) is 4.98 Å². The van der Waals surface area contributed by atoms with E-state index in [1.54, 1.807) is 11.8 Å². The van der Waals surface area contributed by atoms with Crippen molar-refractivity contribution >= 4 is 29.0 Å². The van der Waals surface area contributed by atoms with Crippen molar-refractivity contribution in [2.24, 2.45) is 5.92 Å². The third-order valence-electron chi connectivity index (χ3n) is 4.25. The van der Waals surface area contributed by atoms with Crippen molar-refractivity contribution in [2.75, 3.05) is 0 Å². The molecule has 0 spiro atoms. The van der Waals surface area contributed by atoms with Gasteiger partial charge in [0.2, 0.25) is 5.01 Å². The molecule has 0 fully saturated rings. The number of rotatable bonds is 8. The lowest BCUT2D eigenvalue weighted by Gasteiger charge is -2.11. The third-order valence-corrected chi connectivity index (χ3v) is 6.34. The lowest BCUT2D eigenvalue weighted by atomic mass is 10.2. The van der Waals surface area contributed by atoms with E-state index in [1.807, 2.05) is 37.3 Å². The number of aryl methyl sites for hydroxylation is 1. The van der Waals surface area contributed by atoms with Crippen molar-refractivity contribution in [3.05, 3.63) is 57.3 Å². The molecule has 0 radical (unpaired) electrons. The van der Waals surface area contributed by atoms with Gasteiger partial charge in [0.1, 0.15) is 5.01 Å². The molecule has 0 bridgehead atoms. The number of nitrogens with zero attached hydrogens (tertiary/aromatic N) is 4. The first-order valence-corrected chi connectivity index (χ1v) is 11.0. The molecule has 0 aliphatic rings. The summed E-state index contributed by atoms with van der Waals surface area (Å²) in [6, 6.07) is 9.82. The highest BCUT2D eigenvalue weighted by Crippen LogP contribution is 2.26. The lowest BCUT2D eigenvalue weighted by molar-refractivity contribution is 0.0950. The van der Waals surface area contributed by atoms with Crippen molar-refractivity contribution in [1.29, 1.82) is 0 Å². The van der Waals surface area contributed by atoms with Crippen LogP contribution in [0.15, 0.2) is 35.5 Å². The number of thioether (sulfide) groups is 1. The SMILES string of the molecule is Cc1nc(SCc2nnc(C(=O)NCc3ccccc3)s2)n(CC(C)C)c1C. The number of aromatic nitrogens is 4. The molecule has 1 N–H and O–H groups in total. The summed E-state index contributed by atoms with van der Waals surface area (Å²) in [5.41, 5.74) is 3.31. The van der Waals surface area contributed by atoms with Gasteiger partial charge in [-0.05, 0) is 25.3 Å². The molecule has 1 aromatic carbocycles. The van der Waals surface area contributed by atoms with Crippen molar-refractivity contribution < 1.29 is 4.79 Å². The summed E-state index contributed by atoms with van der Waals surface area (Å²) in [6.07, 6.45) is 0. The second kappa shape index (κ2) is 9.34. The summed E-state index contributed by atoms with van der Waals surface area (Å²) in [6.45, 7) is 9.97. The van der Waals surface area contributed by atoms with E-state index in [4.69, 9.17) is 0 Å². The van der Waals surface area contributed by atoms with E-state index in [9.17, 15) is 4.79 Å². The smallest absolute Gasteiger partial charge is 0.282 e. The van der Waals surface area contributed by atoms with Crippen LogP contribution in [0, 0.1) is 19.8 Å². The minimum Gasteiger partial charge on any atom is -0.346 e. The Hall–Kier alpha value is -2.19. The van der Waals surface area contributed by atoms with Crippen LogP contribution in [0.2, 0.25) is 0 Å². The molecule has 6 nitrogen and oxygen atoms in total. The Kier molecular flexibility index (Phi) is 6.85.